The van der Waals surface area contributed by atoms with Gasteiger partial charge in [-0.2, -0.15) is 0 Å². The molecule has 1 fully saturated rings. The van der Waals surface area contributed by atoms with E-state index in [9.17, 15) is 22.8 Å². The van der Waals surface area contributed by atoms with Gasteiger partial charge >= 0.3 is 5.97 Å². The van der Waals surface area contributed by atoms with Gasteiger partial charge in [-0.25, -0.2) is 18.0 Å². The highest BCUT2D eigenvalue weighted by Crippen LogP contribution is 2.32. The van der Waals surface area contributed by atoms with Crippen molar-refractivity contribution in [1.29, 1.82) is 0 Å². The van der Waals surface area contributed by atoms with Crippen molar-refractivity contribution in [3.05, 3.63) is 35.1 Å². The van der Waals surface area contributed by atoms with Gasteiger partial charge in [0, 0.05) is 0 Å². The predicted octanol–water partition coefficient (Wildman–Crippen LogP) is 1.84. The smallest absolute Gasteiger partial charge is 0.329 e. The second-order valence-corrected chi connectivity index (χ2v) is 4.42. The third-order valence-electron chi connectivity index (χ3n) is 3.25. The molecule has 0 spiro atoms. The fraction of sp³-hybridized carbons (Fsp3) is 0.333. The Kier molecular flexibility index (Phi) is 3.21. The van der Waals surface area contributed by atoms with Crippen LogP contribution >= 0.6 is 0 Å². The topological polar surface area (TPSA) is 66.4 Å². The van der Waals surface area contributed by atoms with Gasteiger partial charge < -0.3 is 10.4 Å². The van der Waals surface area contributed by atoms with Crippen molar-refractivity contribution in [2.45, 2.75) is 24.8 Å². The number of rotatable bonds is 3. The SMILES string of the molecule is O=C(NC1(C(=O)O)CCC1)c1ccc(F)c(F)c1F. The fourth-order valence-corrected chi connectivity index (χ4v) is 1.91. The van der Waals surface area contributed by atoms with Crippen molar-refractivity contribution in [2.75, 3.05) is 0 Å². The molecule has 102 valence electrons. The first kappa shape index (κ1) is 13.4. The molecule has 0 saturated heterocycles. The number of carboxylic acid groups (broad SMARTS) is 1. The minimum Gasteiger partial charge on any atom is -0.480 e. The zero-order chi connectivity index (χ0) is 14.2. The summed E-state index contributed by atoms with van der Waals surface area (Å²) in [7, 11) is 0. The van der Waals surface area contributed by atoms with E-state index in [1.54, 1.807) is 0 Å². The van der Waals surface area contributed by atoms with E-state index in [1.165, 1.54) is 0 Å². The van der Waals surface area contributed by atoms with Crippen LogP contribution in [-0.4, -0.2) is 22.5 Å². The van der Waals surface area contributed by atoms with E-state index in [0.29, 0.717) is 12.5 Å². The van der Waals surface area contributed by atoms with E-state index in [4.69, 9.17) is 5.11 Å². The quantitative estimate of drug-likeness (QED) is 0.826. The van der Waals surface area contributed by atoms with Gasteiger partial charge in [0.2, 0.25) is 0 Å². The van der Waals surface area contributed by atoms with Gasteiger partial charge in [-0.05, 0) is 31.4 Å². The normalized spacial score (nSPS) is 16.6. The highest BCUT2D eigenvalue weighted by molar-refractivity contribution is 5.98. The summed E-state index contributed by atoms with van der Waals surface area (Å²) in [5, 5.41) is 11.2. The monoisotopic (exact) mass is 273 g/mol. The van der Waals surface area contributed by atoms with E-state index in [0.717, 1.165) is 6.07 Å². The highest BCUT2D eigenvalue weighted by atomic mass is 19.2. The van der Waals surface area contributed by atoms with Gasteiger partial charge in [0.25, 0.3) is 5.91 Å². The number of hydrogen-bond donors (Lipinski definition) is 2. The van der Waals surface area contributed by atoms with E-state index in [2.05, 4.69) is 5.32 Å². The lowest BCUT2D eigenvalue weighted by molar-refractivity contribution is -0.148. The molecular formula is C12H10F3NO3. The molecule has 0 atom stereocenters. The molecule has 0 aromatic heterocycles. The molecule has 4 nitrogen and oxygen atoms in total. The number of carbonyl (C=O) groups excluding carboxylic acids is 1. The lowest BCUT2D eigenvalue weighted by Gasteiger charge is -2.38. The average Bonchev–Trinajstić information content (AvgIpc) is 2.30. The van der Waals surface area contributed by atoms with Gasteiger partial charge in [-0.15, -0.1) is 0 Å². The summed E-state index contributed by atoms with van der Waals surface area (Å²) in [5.74, 6) is -7.10. The van der Waals surface area contributed by atoms with Crippen LogP contribution in [0.15, 0.2) is 12.1 Å². The minimum atomic E-state index is -1.76. The van der Waals surface area contributed by atoms with Crippen LogP contribution in [-0.2, 0) is 4.79 Å². The highest BCUT2D eigenvalue weighted by Gasteiger charge is 2.46. The molecule has 1 aromatic rings. The van der Waals surface area contributed by atoms with E-state index in [-0.39, 0.29) is 12.8 Å². The molecule has 0 unspecified atom stereocenters. The molecule has 7 heteroatoms. The van der Waals surface area contributed by atoms with Crippen molar-refractivity contribution >= 4 is 11.9 Å². The lowest BCUT2D eigenvalue weighted by Crippen LogP contribution is -2.59. The van der Waals surface area contributed by atoms with Crippen molar-refractivity contribution in [3.63, 3.8) is 0 Å². The molecule has 0 radical (unpaired) electrons. The molecule has 19 heavy (non-hydrogen) atoms. The maximum atomic E-state index is 13.4. The average molecular weight is 273 g/mol. The summed E-state index contributed by atoms with van der Waals surface area (Å²) < 4.78 is 39.1. The summed E-state index contributed by atoms with van der Waals surface area (Å²) in [6, 6.07) is 1.39. The Morgan fingerprint density at radius 3 is 2.26 bits per heavy atom. The Balaban J connectivity index is 2.26. The Labute approximate surface area is 106 Å². The Morgan fingerprint density at radius 1 is 1.16 bits per heavy atom. The maximum Gasteiger partial charge on any atom is 0.329 e. The van der Waals surface area contributed by atoms with Crippen LogP contribution in [0.5, 0.6) is 0 Å². The molecule has 1 aliphatic rings. The first-order valence-electron chi connectivity index (χ1n) is 5.57. The summed E-state index contributed by atoms with van der Waals surface area (Å²) in [4.78, 5) is 22.8. The van der Waals surface area contributed by atoms with E-state index in [1.807, 2.05) is 0 Å². The Bertz CT molecular complexity index is 555. The molecule has 2 rings (SSSR count). The third kappa shape index (κ3) is 2.16. The second kappa shape index (κ2) is 4.56. The molecule has 0 bridgehead atoms. The molecule has 2 N–H and O–H groups in total. The second-order valence-electron chi connectivity index (χ2n) is 4.42. The van der Waals surface area contributed by atoms with E-state index >= 15 is 0 Å². The fourth-order valence-electron chi connectivity index (χ4n) is 1.91. The molecule has 1 aliphatic carbocycles. The standard InChI is InChI=1S/C12H10F3NO3/c13-7-3-2-6(8(14)9(7)15)10(17)16-12(11(18)19)4-1-5-12/h2-3H,1,4-5H2,(H,16,17)(H,18,19). The zero-order valence-corrected chi connectivity index (χ0v) is 9.67. The van der Waals surface area contributed by atoms with Crippen LogP contribution in [0, 0.1) is 17.5 Å². The van der Waals surface area contributed by atoms with Crippen LogP contribution in [0.1, 0.15) is 29.6 Å². The molecule has 0 heterocycles. The predicted molar refractivity (Wildman–Crippen MR) is 58.0 cm³/mol. The van der Waals surface area contributed by atoms with Crippen LogP contribution < -0.4 is 5.32 Å². The molecule has 0 aliphatic heterocycles. The van der Waals surface area contributed by atoms with Gasteiger partial charge in [0.1, 0.15) is 5.54 Å². The first-order valence-corrected chi connectivity index (χ1v) is 5.57. The van der Waals surface area contributed by atoms with Gasteiger partial charge in [-0.3, -0.25) is 4.79 Å². The van der Waals surface area contributed by atoms with E-state index < -0.39 is 40.4 Å². The number of nitrogens with one attached hydrogen (secondary N) is 1. The largest absolute Gasteiger partial charge is 0.480 e. The van der Waals surface area contributed by atoms with Gasteiger partial charge in [0.05, 0.1) is 5.56 Å². The zero-order valence-electron chi connectivity index (χ0n) is 9.67. The lowest BCUT2D eigenvalue weighted by atomic mass is 9.76. The van der Waals surface area contributed by atoms with Crippen LogP contribution in [0.4, 0.5) is 13.2 Å². The van der Waals surface area contributed by atoms with Gasteiger partial charge in [-0.1, -0.05) is 0 Å². The molecular weight excluding hydrogens is 263 g/mol. The number of carbonyl (C=O) groups is 2. The minimum absolute atomic E-state index is 0.222. The van der Waals surface area contributed by atoms with Crippen molar-refractivity contribution in [2.24, 2.45) is 0 Å². The number of amides is 1. The number of benzene rings is 1. The third-order valence-corrected chi connectivity index (χ3v) is 3.25. The number of aliphatic carboxylic acids is 1. The van der Waals surface area contributed by atoms with Crippen molar-refractivity contribution in [1.82, 2.24) is 5.32 Å². The summed E-state index contributed by atoms with van der Waals surface area (Å²) >= 11 is 0. The molecule has 1 aromatic carbocycles. The van der Waals surface area contributed by atoms with Crippen molar-refractivity contribution in [3.8, 4) is 0 Å². The summed E-state index contributed by atoms with van der Waals surface area (Å²) in [5.41, 5.74) is -2.15. The van der Waals surface area contributed by atoms with Gasteiger partial charge in [0.15, 0.2) is 17.5 Å². The van der Waals surface area contributed by atoms with Crippen molar-refractivity contribution < 1.29 is 27.9 Å². The Morgan fingerprint density at radius 2 is 1.79 bits per heavy atom. The molecule has 1 amide bonds. The maximum absolute atomic E-state index is 13.4. The first-order chi connectivity index (χ1) is 8.87. The molecule has 1 saturated carbocycles. The number of halogens is 3. The number of carboxylic acids is 1. The van der Waals surface area contributed by atoms with Crippen LogP contribution in [0.25, 0.3) is 0 Å². The summed E-state index contributed by atoms with van der Waals surface area (Å²) in [6.45, 7) is 0. The van der Waals surface area contributed by atoms with Crippen LogP contribution in [0.3, 0.4) is 0 Å². The van der Waals surface area contributed by atoms with Crippen LogP contribution in [0.2, 0.25) is 0 Å². The summed E-state index contributed by atoms with van der Waals surface area (Å²) in [6.07, 6.45) is 1.06. The Hall–Kier alpha value is -2.05. The number of hydrogen-bond acceptors (Lipinski definition) is 2.